The molecule has 1 atom stereocenters. The molecule has 0 aromatic heterocycles. The summed E-state index contributed by atoms with van der Waals surface area (Å²) in [4.78, 5) is 4.48. The number of benzene rings is 1. The first-order chi connectivity index (χ1) is 8.81. The smallest absolute Gasteiger partial charge is 0.115 e. The van der Waals surface area contributed by atoms with Crippen LogP contribution in [0.1, 0.15) is 5.56 Å². The van der Waals surface area contributed by atoms with Gasteiger partial charge in [-0.3, -0.25) is 4.99 Å². The van der Waals surface area contributed by atoms with Gasteiger partial charge in [-0.15, -0.1) is 0 Å². The number of rotatable bonds is 1. The molecule has 2 aliphatic rings. The van der Waals surface area contributed by atoms with Crippen LogP contribution in [0.25, 0.3) is 0 Å². The maximum Gasteiger partial charge on any atom is 0.115 e. The molecule has 1 unspecified atom stereocenters. The summed E-state index contributed by atoms with van der Waals surface area (Å²) in [5.41, 5.74) is 1.60. The van der Waals surface area contributed by atoms with Gasteiger partial charge in [0, 0.05) is 6.20 Å². The van der Waals surface area contributed by atoms with E-state index in [-0.39, 0.29) is 11.2 Å². The highest BCUT2D eigenvalue weighted by atomic mass is 16.3. The molecule has 0 bridgehead atoms. The number of nitrogens with zero attached hydrogens (tertiary/aromatic N) is 1. The molecular formula is C16H13NO. The monoisotopic (exact) mass is 235 g/mol. The molecule has 1 aliphatic carbocycles. The molecule has 0 spiro atoms. The summed E-state index contributed by atoms with van der Waals surface area (Å²) in [6.45, 7) is 0. The zero-order chi connectivity index (χ0) is 12.4. The van der Waals surface area contributed by atoms with Gasteiger partial charge in [-0.25, -0.2) is 0 Å². The Kier molecular flexibility index (Phi) is 2.49. The molecule has 0 radical (unpaired) electrons. The number of aliphatic imine (C=N–C) groups is 1. The Bertz CT molecular complexity index is 620. The quantitative estimate of drug-likeness (QED) is 0.796. The number of aromatic hydroxyl groups is 1. The van der Waals surface area contributed by atoms with Crippen LogP contribution in [0.3, 0.4) is 0 Å². The van der Waals surface area contributed by atoms with Crippen molar-refractivity contribution in [2.24, 2.45) is 4.99 Å². The average Bonchev–Trinajstić information content (AvgIpc) is 2.61. The minimum Gasteiger partial charge on any atom is -0.508 e. The van der Waals surface area contributed by atoms with E-state index in [0.29, 0.717) is 0 Å². The Labute approximate surface area is 106 Å². The van der Waals surface area contributed by atoms with Crippen LogP contribution in [-0.4, -0.2) is 10.8 Å². The van der Waals surface area contributed by atoms with Gasteiger partial charge >= 0.3 is 0 Å². The Balaban J connectivity index is 2.22. The third kappa shape index (κ3) is 1.63. The van der Waals surface area contributed by atoms with Gasteiger partial charge in [-0.1, -0.05) is 42.5 Å². The highest BCUT2D eigenvalue weighted by Gasteiger charge is 2.33. The third-order valence-corrected chi connectivity index (χ3v) is 3.24. The van der Waals surface area contributed by atoms with E-state index in [4.69, 9.17) is 0 Å². The highest BCUT2D eigenvalue weighted by Crippen LogP contribution is 2.35. The maximum atomic E-state index is 9.68. The molecule has 3 rings (SSSR count). The lowest BCUT2D eigenvalue weighted by atomic mass is 9.73. The standard InChI is InChI=1S/C16H13NO/c18-14-7-5-6-13(12-14)16-9-2-1-8-15(16)17-11-4-3-10-16/h1-12,18H. The molecule has 1 N–H and O–H groups in total. The molecular weight excluding hydrogens is 222 g/mol. The van der Waals surface area contributed by atoms with Gasteiger partial charge in [-0.05, 0) is 29.8 Å². The summed E-state index contributed by atoms with van der Waals surface area (Å²) < 4.78 is 0. The van der Waals surface area contributed by atoms with Gasteiger partial charge in [0.2, 0.25) is 0 Å². The normalized spacial score (nSPS) is 24.6. The van der Waals surface area contributed by atoms with Crippen LogP contribution >= 0.6 is 0 Å². The minimum atomic E-state index is -0.378. The minimum absolute atomic E-state index is 0.273. The number of allylic oxidation sites excluding steroid dienone is 7. The van der Waals surface area contributed by atoms with E-state index < -0.39 is 0 Å². The Hall–Kier alpha value is -2.35. The predicted octanol–water partition coefficient (Wildman–Crippen LogP) is 3.28. The molecule has 0 amide bonds. The summed E-state index contributed by atoms with van der Waals surface area (Å²) in [7, 11) is 0. The molecule has 18 heavy (non-hydrogen) atoms. The zero-order valence-corrected chi connectivity index (χ0v) is 9.82. The largest absolute Gasteiger partial charge is 0.508 e. The van der Waals surface area contributed by atoms with Crippen LogP contribution < -0.4 is 0 Å². The Morgan fingerprint density at radius 3 is 2.67 bits per heavy atom. The van der Waals surface area contributed by atoms with Gasteiger partial charge in [-0.2, -0.15) is 0 Å². The van der Waals surface area contributed by atoms with E-state index in [2.05, 4.69) is 17.1 Å². The lowest BCUT2D eigenvalue weighted by Crippen LogP contribution is -2.31. The Morgan fingerprint density at radius 1 is 1.00 bits per heavy atom. The second kappa shape index (κ2) is 4.15. The number of fused-ring (bicyclic) bond motifs is 1. The van der Waals surface area contributed by atoms with Crippen molar-refractivity contribution in [3.63, 3.8) is 0 Å². The summed E-state index contributed by atoms with van der Waals surface area (Å²) in [6, 6.07) is 7.33. The molecule has 2 heteroatoms. The average molecular weight is 235 g/mol. The van der Waals surface area contributed by atoms with Gasteiger partial charge < -0.3 is 5.11 Å². The second-order valence-corrected chi connectivity index (χ2v) is 4.35. The summed E-state index contributed by atoms with van der Waals surface area (Å²) in [5, 5.41) is 9.68. The molecule has 1 heterocycles. The molecule has 2 nitrogen and oxygen atoms in total. The SMILES string of the molecule is Oc1cccc(C23C=CC=CN=C2C=CC=C3)c1. The molecule has 1 aromatic rings. The first kappa shape index (κ1) is 10.8. The van der Waals surface area contributed by atoms with Crippen molar-refractivity contribution in [2.75, 3.05) is 0 Å². The van der Waals surface area contributed by atoms with Crippen LogP contribution in [0, 0.1) is 0 Å². The van der Waals surface area contributed by atoms with E-state index >= 15 is 0 Å². The molecule has 1 aliphatic heterocycles. The van der Waals surface area contributed by atoms with Crippen molar-refractivity contribution < 1.29 is 5.11 Å². The number of phenols is 1. The summed E-state index contributed by atoms with van der Waals surface area (Å²) >= 11 is 0. The van der Waals surface area contributed by atoms with E-state index in [9.17, 15) is 5.11 Å². The zero-order valence-electron chi connectivity index (χ0n) is 9.82. The van der Waals surface area contributed by atoms with Crippen LogP contribution in [-0.2, 0) is 5.41 Å². The molecule has 0 saturated carbocycles. The van der Waals surface area contributed by atoms with Crippen molar-refractivity contribution in [1.82, 2.24) is 0 Å². The van der Waals surface area contributed by atoms with E-state index in [1.165, 1.54) is 0 Å². The summed E-state index contributed by atoms with van der Waals surface area (Å²) in [5.74, 6) is 0.273. The lowest BCUT2D eigenvalue weighted by Gasteiger charge is -2.29. The van der Waals surface area contributed by atoms with Crippen LogP contribution in [0.15, 0.2) is 78.0 Å². The highest BCUT2D eigenvalue weighted by molar-refractivity contribution is 6.08. The van der Waals surface area contributed by atoms with Crippen molar-refractivity contribution in [1.29, 1.82) is 0 Å². The molecule has 0 fully saturated rings. The lowest BCUT2D eigenvalue weighted by molar-refractivity contribution is 0.474. The van der Waals surface area contributed by atoms with E-state index in [1.807, 2.05) is 42.5 Å². The van der Waals surface area contributed by atoms with Gasteiger partial charge in [0.05, 0.1) is 11.1 Å². The van der Waals surface area contributed by atoms with E-state index in [1.54, 1.807) is 18.3 Å². The van der Waals surface area contributed by atoms with Crippen molar-refractivity contribution in [3.8, 4) is 5.75 Å². The van der Waals surface area contributed by atoms with Gasteiger partial charge in [0.1, 0.15) is 5.75 Å². The second-order valence-electron chi connectivity index (χ2n) is 4.35. The van der Waals surface area contributed by atoms with Crippen LogP contribution in [0.4, 0.5) is 0 Å². The van der Waals surface area contributed by atoms with E-state index in [0.717, 1.165) is 11.3 Å². The molecule has 1 aromatic carbocycles. The fourth-order valence-corrected chi connectivity index (χ4v) is 2.35. The van der Waals surface area contributed by atoms with Crippen LogP contribution in [0.5, 0.6) is 5.75 Å². The van der Waals surface area contributed by atoms with Gasteiger partial charge in [0.25, 0.3) is 0 Å². The van der Waals surface area contributed by atoms with Crippen molar-refractivity contribution in [3.05, 3.63) is 78.6 Å². The predicted molar refractivity (Wildman–Crippen MR) is 73.8 cm³/mol. The van der Waals surface area contributed by atoms with Gasteiger partial charge in [0.15, 0.2) is 0 Å². The third-order valence-electron chi connectivity index (χ3n) is 3.24. The first-order valence-electron chi connectivity index (χ1n) is 5.89. The molecule has 88 valence electrons. The molecule has 0 saturated heterocycles. The fourth-order valence-electron chi connectivity index (χ4n) is 2.35. The van der Waals surface area contributed by atoms with Crippen molar-refractivity contribution >= 4 is 5.71 Å². The van der Waals surface area contributed by atoms with Crippen molar-refractivity contribution in [2.45, 2.75) is 5.41 Å². The summed E-state index contributed by atoms with van der Waals surface area (Å²) in [6.07, 6.45) is 15.9. The first-order valence-corrected chi connectivity index (χ1v) is 5.89. The van der Waals surface area contributed by atoms with Crippen LogP contribution in [0.2, 0.25) is 0 Å². The topological polar surface area (TPSA) is 32.6 Å². The maximum absolute atomic E-state index is 9.68. The fraction of sp³-hybridized carbons (Fsp3) is 0.0625. The number of phenolic OH excluding ortho intramolecular Hbond substituents is 1. The number of hydrogen-bond donors (Lipinski definition) is 1. The Morgan fingerprint density at radius 2 is 1.83 bits per heavy atom. The number of hydrogen-bond acceptors (Lipinski definition) is 2.